The number of esters is 1. The summed E-state index contributed by atoms with van der Waals surface area (Å²) in [6.45, 7) is 2.27. The van der Waals surface area contributed by atoms with Crippen LogP contribution >= 0.6 is 0 Å². The number of carbonyl (C=O) groups is 3. The molecule has 1 aliphatic heterocycles. The van der Waals surface area contributed by atoms with Crippen LogP contribution in [0.4, 0.5) is 4.79 Å². The van der Waals surface area contributed by atoms with E-state index in [4.69, 9.17) is 0 Å². The summed E-state index contributed by atoms with van der Waals surface area (Å²) in [5.41, 5.74) is 2.23. The fraction of sp³-hybridized carbons (Fsp3) is 0.450. The van der Waals surface area contributed by atoms with Crippen molar-refractivity contribution < 1.29 is 19.1 Å². The van der Waals surface area contributed by atoms with Crippen LogP contribution in [0.5, 0.6) is 0 Å². The number of aromatic nitrogens is 1. The first kappa shape index (κ1) is 19.7. The third-order valence-corrected chi connectivity index (χ3v) is 5.04. The Morgan fingerprint density at radius 3 is 2.54 bits per heavy atom. The zero-order valence-corrected chi connectivity index (χ0v) is 16.1. The second kappa shape index (κ2) is 9.25. The summed E-state index contributed by atoms with van der Waals surface area (Å²) >= 11 is 0. The molecule has 1 aromatic carbocycles. The molecule has 0 atom stereocenters. The largest absolute Gasteiger partial charge is 0.469 e. The molecule has 3 amide bonds. The Kier molecular flexibility index (Phi) is 6.52. The summed E-state index contributed by atoms with van der Waals surface area (Å²) < 4.78 is 4.54. The van der Waals surface area contributed by atoms with Crippen LogP contribution in [-0.4, -0.2) is 72.5 Å². The van der Waals surface area contributed by atoms with Gasteiger partial charge in [-0.1, -0.05) is 18.2 Å². The van der Waals surface area contributed by atoms with E-state index in [0.717, 1.165) is 16.5 Å². The molecule has 0 bridgehead atoms. The Morgan fingerprint density at radius 1 is 1.07 bits per heavy atom. The molecule has 2 heterocycles. The van der Waals surface area contributed by atoms with Gasteiger partial charge in [0.1, 0.15) is 0 Å². The van der Waals surface area contributed by atoms with Crippen molar-refractivity contribution in [2.75, 3.05) is 39.8 Å². The monoisotopic (exact) mass is 386 g/mol. The molecule has 8 nitrogen and oxygen atoms in total. The number of hydrogen-bond donors (Lipinski definition) is 2. The highest BCUT2D eigenvalue weighted by Crippen LogP contribution is 2.19. The molecule has 1 saturated heterocycles. The van der Waals surface area contributed by atoms with Gasteiger partial charge in [0, 0.05) is 56.2 Å². The summed E-state index contributed by atoms with van der Waals surface area (Å²) in [5, 5.41) is 3.86. The first-order chi connectivity index (χ1) is 13.6. The number of nitrogens with zero attached hydrogens (tertiary/aromatic N) is 2. The molecular weight excluding hydrogens is 360 g/mol. The van der Waals surface area contributed by atoms with E-state index in [1.807, 2.05) is 29.3 Å². The van der Waals surface area contributed by atoms with Gasteiger partial charge in [0.15, 0.2) is 0 Å². The van der Waals surface area contributed by atoms with E-state index in [1.165, 1.54) is 7.11 Å². The second-order valence-corrected chi connectivity index (χ2v) is 6.79. The maximum Gasteiger partial charge on any atom is 0.317 e. The summed E-state index contributed by atoms with van der Waals surface area (Å²) in [5.74, 6) is -0.248. The number of piperazine rings is 1. The van der Waals surface area contributed by atoms with Crippen molar-refractivity contribution in [1.29, 1.82) is 0 Å². The van der Waals surface area contributed by atoms with Gasteiger partial charge in [0.05, 0.1) is 13.5 Å². The van der Waals surface area contributed by atoms with E-state index in [-0.39, 0.29) is 30.9 Å². The lowest BCUT2D eigenvalue weighted by molar-refractivity contribution is -0.140. The van der Waals surface area contributed by atoms with Gasteiger partial charge in [-0.05, 0) is 18.1 Å². The van der Waals surface area contributed by atoms with Gasteiger partial charge < -0.3 is 24.8 Å². The van der Waals surface area contributed by atoms with E-state index in [2.05, 4.69) is 21.1 Å². The highest BCUT2D eigenvalue weighted by atomic mass is 16.5. The fourth-order valence-corrected chi connectivity index (χ4v) is 3.38. The number of rotatable bonds is 6. The molecule has 2 N–H and O–H groups in total. The van der Waals surface area contributed by atoms with Crippen molar-refractivity contribution >= 4 is 28.8 Å². The van der Waals surface area contributed by atoms with Gasteiger partial charge in [-0.25, -0.2) is 4.79 Å². The standard InChI is InChI=1S/C20H26N4O4/c1-28-19(26)8-9-21-20(27)24-12-10-23(11-13-24)18(25)7-6-15-14-22-17-5-3-2-4-16(15)17/h2-5,14,22H,6-13H2,1H3,(H,21,27). The number of aryl methyl sites for hydroxylation is 1. The first-order valence-electron chi connectivity index (χ1n) is 9.51. The second-order valence-electron chi connectivity index (χ2n) is 6.79. The van der Waals surface area contributed by atoms with Crippen LogP contribution in [0.2, 0.25) is 0 Å². The number of urea groups is 1. The topological polar surface area (TPSA) is 94.7 Å². The minimum Gasteiger partial charge on any atom is -0.469 e. The van der Waals surface area contributed by atoms with Gasteiger partial charge in [-0.3, -0.25) is 9.59 Å². The van der Waals surface area contributed by atoms with Gasteiger partial charge in [0.25, 0.3) is 0 Å². The SMILES string of the molecule is COC(=O)CCNC(=O)N1CCN(C(=O)CCc2c[nH]c3ccccc23)CC1. The molecule has 2 aromatic rings. The van der Waals surface area contributed by atoms with Crippen molar-refractivity contribution in [2.24, 2.45) is 0 Å². The molecule has 1 aliphatic rings. The fourth-order valence-electron chi connectivity index (χ4n) is 3.38. The van der Waals surface area contributed by atoms with E-state index < -0.39 is 0 Å². The number of H-pyrrole nitrogens is 1. The van der Waals surface area contributed by atoms with E-state index in [1.54, 1.807) is 4.90 Å². The van der Waals surface area contributed by atoms with Crippen molar-refractivity contribution in [3.63, 3.8) is 0 Å². The van der Waals surface area contributed by atoms with Crippen LogP contribution in [0.1, 0.15) is 18.4 Å². The highest BCUT2D eigenvalue weighted by Gasteiger charge is 2.24. The number of benzene rings is 1. The number of hydrogen-bond acceptors (Lipinski definition) is 4. The predicted molar refractivity (Wildman–Crippen MR) is 105 cm³/mol. The number of para-hydroxylation sites is 1. The van der Waals surface area contributed by atoms with Crippen molar-refractivity contribution in [1.82, 2.24) is 20.1 Å². The molecule has 28 heavy (non-hydrogen) atoms. The Balaban J connectivity index is 1.41. The molecule has 1 aromatic heterocycles. The predicted octanol–water partition coefficient (Wildman–Crippen LogP) is 1.52. The Morgan fingerprint density at radius 2 is 1.79 bits per heavy atom. The summed E-state index contributed by atoms with van der Waals surface area (Å²) in [4.78, 5) is 42.4. The average molecular weight is 386 g/mol. The molecule has 1 fully saturated rings. The van der Waals surface area contributed by atoms with Crippen LogP contribution in [0.25, 0.3) is 10.9 Å². The van der Waals surface area contributed by atoms with Crippen LogP contribution in [0.15, 0.2) is 30.5 Å². The van der Waals surface area contributed by atoms with Crippen molar-refractivity contribution in [3.05, 3.63) is 36.0 Å². The molecule has 150 valence electrons. The quantitative estimate of drug-likeness (QED) is 0.736. The van der Waals surface area contributed by atoms with E-state index in [9.17, 15) is 14.4 Å². The van der Waals surface area contributed by atoms with E-state index in [0.29, 0.717) is 39.0 Å². The lowest BCUT2D eigenvalue weighted by Crippen LogP contribution is -2.53. The summed E-state index contributed by atoms with van der Waals surface area (Å²) in [6, 6.07) is 7.85. The third kappa shape index (κ3) is 4.82. The lowest BCUT2D eigenvalue weighted by atomic mass is 10.1. The normalized spacial score (nSPS) is 14.2. The van der Waals surface area contributed by atoms with E-state index >= 15 is 0 Å². The maximum absolute atomic E-state index is 12.5. The molecule has 3 rings (SSSR count). The summed E-state index contributed by atoms with van der Waals surface area (Å²) in [6.07, 6.45) is 3.26. The summed E-state index contributed by atoms with van der Waals surface area (Å²) in [7, 11) is 1.32. The van der Waals surface area contributed by atoms with Gasteiger partial charge in [-0.2, -0.15) is 0 Å². The smallest absolute Gasteiger partial charge is 0.317 e. The van der Waals surface area contributed by atoms with Gasteiger partial charge in [0.2, 0.25) is 5.91 Å². The first-order valence-corrected chi connectivity index (χ1v) is 9.51. The number of ether oxygens (including phenoxy) is 1. The molecule has 0 radical (unpaired) electrons. The molecule has 0 unspecified atom stereocenters. The van der Waals surface area contributed by atoms with Gasteiger partial charge >= 0.3 is 12.0 Å². The van der Waals surface area contributed by atoms with Gasteiger partial charge in [-0.15, -0.1) is 0 Å². The molecule has 0 aliphatic carbocycles. The lowest BCUT2D eigenvalue weighted by Gasteiger charge is -2.34. The number of methoxy groups -OCH3 is 1. The number of fused-ring (bicyclic) bond motifs is 1. The zero-order chi connectivity index (χ0) is 19.9. The highest BCUT2D eigenvalue weighted by molar-refractivity contribution is 5.84. The van der Waals surface area contributed by atoms with Crippen molar-refractivity contribution in [3.8, 4) is 0 Å². The van der Waals surface area contributed by atoms with Crippen LogP contribution in [-0.2, 0) is 20.7 Å². The zero-order valence-electron chi connectivity index (χ0n) is 16.1. The molecule has 0 spiro atoms. The average Bonchev–Trinajstić information content (AvgIpc) is 3.15. The Labute approximate surface area is 163 Å². The number of aromatic amines is 1. The minimum absolute atomic E-state index is 0.107. The van der Waals surface area contributed by atoms with Crippen molar-refractivity contribution in [2.45, 2.75) is 19.3 Å². The third-order valence-electron chi connectivity index (χ3n) is 5.04. The Hall–Kier alpha value is -3.03. The number of carbonyl (C=O) groups excluding carboxylic acids is 3. The maximum atomic E-state index is 12.5. The number of amides is 3. The Bertz CT molecular complexity index is 840. The van der Waals surface area contributed by atoms with Crippen LogP contribution < -0.4 is 5.32 Å². The molecular formula is C20H26N4O4. The molecule has 8 heteroatoms. The minimum atomic E-state index is -0.356. The number of nitrogens with one attached hydrogen (secondary N) is 2. The van der Waals surface area contributed by atoms with Crippen LogP contribution in [0.3, 0.4) is 0 Å². The van der Waals surface area contributed by atoms with Crippen LogP contribution in [0, 0.1) is 0 Å². The molecule has 0 saturated carbocycles.